The smallest absolute Gasteiger partial charge is 0.271 e. The molecule has 0 radical (unpaired) electrons. The minimum absolute atomic E-state index is 0.00753. The van der Waals surface area contributed by atoms with E-state index >= 15 is 0 Å². The van der Waals surface area contributed by atoms with Gasteiger partial charge in [-0.1, -0.05) is 12.1 Å². The molecule has 25 heavy (non-hydrogen) atoms. The summed E-state index contributed by atoms with van der Waals surface area (Å²) < 4.78 is 4.96. The average molecular weight is 339 g/mol. The van der Waals surface area contributed by atoms with Crippen LogP contribution in [0.5, 0.6) is 0 Å². The van der Waals surface area contributed by atoms with Crippen molar-refractivity contribution in [3.05, 3.63) is 46.5 Å². The molecule has 1 heterocycles. The summed E-state index contributed by atoms with van der Waals surface area (Å²) in [5.41, 5.74) is 2.62. The zero-order valence-corrected chi connectivity index (χ0v) is 14.9. The predicted octanol–water partition coefficient (Wildman–Crippen LogP) is 1.99. The molecule has 6 heteroatoms. The summed E-state index contributed by atoms with van der Waals surface area (Å²) in [6.07, 6.45) is 1.71. The first-order valence-electron chi connectivity index (χ1n) is 7.86. The maximum absolute atomic E-state index is 12.7. The van der Waals surface area contributed by atoms with Crippen LogP contribution in [0.1, 0.15) is 12.5 Å². The third-order valence-electron chi connectivity index (χ3n) is 4.06. The third-order valence-corrected chi connectivity index (χ3v) is 4.06. The second kappa shape index (κ2) is 7.77. The minimum atomic E-state index is -0.567. The molecule has 0 saturated heterocycles. The number of ether oxygens (including phenoxy) is 1. The summed E-state index contributed by atoms with van der Waals surface area (Å²) in [5, 5.41) is 9.31. The van der Waals surface area contributed by atoms with Crippen LogP contribution >= 0.6 is 0 Å². The number of amides is 2. The Morgan fingerprint density at radius 2 is 1.84 bits per heavy atom. The van der Waals surface area contributed by atoms with Crippen LogP contribution in [0, 0.1) is 11.3 Å². The second-order valence-electron chi connectivity index (χ2n) is 5.91. The van der Waals surface area contributed by atoms with Gasteiger partial charge < -0.3 is 9.64 Å². The number of anilines is 1. The lowest BCUT2D eigenvalue weighted by Crippen LogP contribution is -2.44. The van der Waals surface area contributed by atoms with Gasteiger partial charge in [-0.25, -0.2) is 0 Å². The van der Waals surface area contributed by atoms with Gasteiger partial charge in [-0.05, 0) is 36.3 Å². The highest BCUT2D eigenvalue weighted by atomic mass is 16.5. The Labute approximate surface area is 147 Å². The number of nitrogens with zero attached hydrogens (tertiary/aromatic N) is 3. The van der Waals surface area contributed by atoms with Gasteiger partial charge in [0.25, 0.3) is 11.8 Å². The Kier molecular flexibility index (Phi) is 5.73. The molecule has 1 aliphatic heterocycles. The monoisotopic (exact) mass is 339 g/mol. The number of nitriles is 1. The Morgan fingerprint density at radius 1 is 1.20 bits per heavy atom. The number of hydrogen-bond acceptors (Lipinski definition) is 5. The van der Waals surface area contributed by atoms with Crippen molar-refractivity contribution in [1.82, 2.24) is 4.90 Å². The average Bonchev–Trinajstić information content (AvgIpc) is 2.59. The van der Waals surface area contributed by atoms with Crippen LogP contribution in [-0.4, -0.2) is 51.1 Å². The number of hydrogen-bond donors (Lipinski definition) is 0. The van der Waals surface area contributed by atoms with Crippen LogP contribution in [0.25, 0.3) is 6.08 Å². The van der Waals surface area contributed by atoms with Crippen molar-refractivity contribution in [1.29, 1.82) is 5.26 Å². The van der Waals surface area contributed by atoms with E-state index in [1.54, 1.807) is 13.0 Å². The molecule has 0 spiro atoms. The van der Waals surface area contributed by atoms with E-state index in [-0.39, 0.29) is 18.7 Å². The van der Waals surface area contributed by atoms with E-state index in [2.05, 4.69) is 0 Å². The highest BCUT2D eigenvalue weighted by Gasteiger charge is 2.35. The summed E-state index contributed by atoms with van der Waals surface area (Å²) in [6, 6.07) is 9.59. The van der Waals surface area contributed by atoms with Gasteiger partial charge in [-0.2, -0.15) is 5.26 Å². The Hall–Kier alpha value is -2.91. The second-order valence-corrected chi connectivity index (χ2v) is 5.91. The first-order valence-corrected chi connectivity index (χ1v) is 7.86. The molecule has 0 N–H and O–H groups in total. The Balaban J connectivity index is 2.46. The first-order chi connectivity index (χ1) is 11.9. The summed E-state index contributed by atoms with van der Waals surface area (Å²) in [5.74, 6) is -0.975. The molecule has 130 valence electrons. The van der Waals surface area contributed by atoms with Gasteiger partial charge >= 0.3 is 0 Å². The fourth-order valence-electron chi connectivity index (χ4n) is 2.55. The van der Waals surface area contributed by atoms with Gasteiger partial charge in [0.05, 0.1) is 13.2 Å². The van der Waals surface area contributed by atoms with Crippen molar-refractivity contribution in [3.63, 3.8) is 0 Å². The van der Waals surface area contributed by atoms with E-state index in [0.717, 1.165) is 16.2 Å². The van der Waals surface area contributed by atoms with Crippen LogP contribution in [0.4, 0.5) is 5.69 Å². The predicted molar refractivity (Wildman–Crippen MR) is 95.7 cm³/mol. The number of imide groups is 1. The number of benzene rings is 1. The fraction of sp³-hybridized carbons (Fsp3) is 0.316. The van der Waals surface area contributed by atoms with E-state index in [9.17, 15) is 14.9 Å². The lowest BCUT2D eigenvalue weighted by Gasteiger charge is -2.27. The lowest BCUT2D eigenvalue weighted by atomic mass is 9.93. The molecule has 0 aromatic heterocycles. The molecular weight excluding hydrogens is 318 g/mol. The molecule has 0 aliphatic carbocycles. The van der Waals surface area contributed by atoms with Crippen LogP contribution in [0.3, 0.4) is 0 Å². The SMILES string of the molecule is COCCN1C(=O)C(=Cc2ccc(N(C)C)cc2)C(C)=C(C#N)C1=O. The highest BCUT2D eigenvalue weighted by molar-refractivity contribution is 6.19. The van der Waals surface area contributed by atoms with Gasteiger partial charge in [0, 0.05) is 32.5 Å². The molecule has 0 bridgehead atoms. The van der Waals surface area contributed by atoms with Gasteiger partial charge in [0.1, 0.15) is 11.6 Å². The molecular formula is C19H21N3O3. The topological polar surface area (TPSA) is 73.6 Å². The van der Waals surface area contributed by atoms with E-state index in [1.807, 2.05) is 49.3 Å². The van der Waals surface area contributed by atoms with Crippen molar-refractivity contribution in [3.8, 4) is 6.07 Å². The van der Waals surface area contributed by atoms with Crippen molar-refractivity contribution < 1.29 is 14.3 Å². The van der Waals surface area contributed by atoms with Gasteiger partial charge in [0.2, 0.25) is 0 Å². The van der Waals surface area contributed by atoms with Crippen LogP contribution in [-0.2, 0) is 14.3 Å². The van der Waals surface area contributed by atoms with E-state index in [1.165, 1.54) is 7.11 Å². The van der Waals surface area contributed by atoms with Crippen LogP contribution in [0.15, 0.2) is 41.0 Å². The Bertz CT molecular complexity index is 783. The zero-order chi connectivity index (χ0) is 18.6. The molecule has 2 amide bonds. The van der Waals surface area contributed by atoms with E-state index < -0.39 is 11.8 Å². The number of rotatable bonds is 5. The summed E-state index contributed by atoms with van der Waals surface area (Å²) >= 11 is 0. The molecule has 1 aliphatic rings. The lowest BCUT2D eigenvalue weighted by molar-refractivity contribution is -0.141. The summed E-state index contributed by atoms with van der Waals surface area (Å²) in [6.45, 7) is 1.96. The molecule has 0 unspecified atom stereocenters. The van der Waals surface area contributed by atoms with Crippen LogP contribution < -0.4 is 4.90 Å². The molecule has 0 fully saturated rings. The minimum Gasteiger partial charge on any atom is -0.383 e. The molecule has 0 saturated carbocycles. The fourth-order valence-corrected chi connectivity index (χ4v) is 2.55. The van der Waals surface area contributed by atoms with Crippen molar-refractivity contribution in [2.75, 3.05) is 39.3 Å². The number of methoxy groups -OCH3 is 1. The zero-order valence-electron chi connectivity index (χ0n) is 14.9. The number of carbonyl (C=O) groups is 2. The standard InChI is InChI=1S/C19H21N3O3/c1-13-16(11-14-5-7-15(8-6-14)21(2)3)18(23)22(9-10-25-4)19(24)17(13)12-20/h5-8,11H,9-10H2,1-4H3. The van der Waals surface area contributed by atoms with Gasteiger partial charge in [-0.3, -0.25) is 14.5 Å². The van der Waals surface area contributed by atoms with Gasteiger partial charge in [0.15, 0.2) is 0 Å². The summed E-state index contributed by atoms with van der Waals surface area (Å²) in [4.78, 5) is 28.1. The molecule has 6 nitrogen and oxygen atoms in total. The Morgan fingerprint density at radius 3 is 2.36 bits per heavy atom. The maximum atomic E-state index is 12.7. The van der Waals surface area contributed by atoms with Crippen molar-refractivity contribution in [2.45, 2.75) is 6.92 Å². The van der Waals surface area contributed by atoms with E-state index in [0.29, 0.717) is 11.1 Å². The molecule has 1 aromatic carbocycles. The van der Waals surface area contributed by atoms with E-state index in [4.69, 9.17) is 4.74 Å². The van der Waals surface area contributed by atoms with Gasteiger partial charge in [-0.15, -0.1) is 0 Å². The van der Waals surface area contributed by atoms with Crippen molar-refractivity contribution >= 4 is 23.6 Å². The first kappa shape index (κ1) is 18.4. The maximum Gasteiger partial charge on any atom is 0.271 e. The molecule has 2 rings (SSSR count). The molecule has 0 atom stereocenters. The van der Waals surface area contributed by atoms with Crippen molar-refractivity contribution in [2.24, 2.45) is 0 Å². The normalized spacial score (nSPS) is 16.4. The number of carbonyl (C=O) groups excluding carboxylic acids is 2. The third kappa shape index (κ3) is 3.78. The highest BCUT2D eigenvalue weighted by Crippen LogP contribution is 2.27. The molecule has 1 aromatic rings. The summed E-state index contributed by atoms with van der Waals surface area (Å²) in [7, 11) is 5.39. The quantitative estimate of drug-likeness (QED) is 0.606. The van der Waals surface area contributed by atoms with Crippen LogP contribution in [0.2, 0.25) is 0 Å². The largest absolute Gasteiger partial charge is 0.383 e.